The molecule has 1 aliphatic rings. The molecule has 0 aromatic carbocycles. The Morgan fingerprint density at radius 1 is 1.26 bits per heavy atom. The molecule has 1 atom stereocenters. The van der Waals surface area contributed by atoms with E-state index >= 15 is 0 Å². The van der Waals surface area contributed by atoms with Crippen molar-refractivity contribution in [1.29, 1.82) is 0 Å². The van der Waals surface area contributed by atoms with Gasteiger partial charge in [0.15, 0.2) is 0 Å². The molecule has 1 aliphatic carbocycles. The first-order valence-electron chi connectivity index (χ1n) is 7.28. The molecular formula is C15H26ClN3. The minimum Gasteiger partial charge on any atom is -0.308 e. The van der Waals surface area contributed by atoms with Gasteiger partial charge in [-0.15, -0.1) is 21.8 Å². The van der Waals surface area contributed by atoms with Gasteiger partial charge in [-0.3, -0.25) is 0 Å². The molecule has 0 saturated heterocycles. The van der Waals surface area contributed by atoms with E-state index in [1.165, 1.54) is 25.7 Å². The summed E-state index contributed by atoms with van der Waals surface area (Å²) in [7, 11) is 0. The lowest BCUT2D eigenvalue weighted by atomic mass is 9.68. The largest absolute Gasteiger partial charge is 0.308 e. The van der Waals surface area contributed by atoms with Crippen LogP contribution in [0.15, 0.2) is 0 Å². The molecule has 0 N–H and O–H groups in total. The van der Waals surface area contributed by atoms with Crippen LogP contribution in [0.3, 0.4) is 0 Å². The second kappa shape index (κ2) is 5.08. The van der Waals surface area contributed by atoms with E-state index in [0.717, 1.165) is 11.6 Å². The van der Waals surface area contributed by atoms with Crippen molar-refractivity contribution in [1.82, 2.24) is 14.8 Å². The lowest BCUT2D eigenvalue weighted by Crippen LogP contribution is -2.33. The number of alkyl halides is 1. The second-order valence-corrected chi connectivity index (χ2v) is 7.67. The Kier molecular flexibility index (Phi) is 3.97. The van der Waals surface area contributed by atoms with Crippen LogP contribution in [0.2, 0.25) is 0 Å². The SMILES string of the molecule is CC1(C)CCCCC1c1nnc(CCl)n1C(C)(C)C. The average Bonchev–Trinajstić information content (AvgIpc) is 2.71. The van der Waals surface area contributed by atoms with E-state index in [1.54, 1.807) is 0 Å². The van der Waals surface area contributed by atoms with Crippen molar-refractivity contribution in [3.8, 4) is 0 Å². The predicted octanol–water partition coefficient (Wildman–Crippen LogP) is 4.46. The van der Waals surface area contributed by atoms with Gasteiger partial charge in [0.1, 0.15) is 11.6 Å². The van der Waals surface area contributed by atoms with Gasteiger partial charge in [0.2, 0.25) is 0 Å². The molecule has 0 radical (unpaired) electrons. The highest BCUT2D eigenvalue weighted by Crippen LogP contribution is 2.47. The molecule has 0 aliphatic heterocycles. The summed E-state index contributed by atoms with van der Waals surface area (Å²) in [6.45, 7) is 11.3. The molecule has 1 heterocycles. The maximum absolute atomic E-state index is 6.04. The molecule has 3 nitrogen and oxygen atoms in total. The summed E-state index contributed by atoms with van der Waals surface area (Å²) in [5.41, 5.74) is 0.286. The van der Waals surface area contributed by atoms with E-state index in [0.29, 0.717) is 17.2 Å². The summed E-state index contributed by atoms with van der Waals surface area (Å²) < 4.78 is 2.26. The highest BCUT2D eigenvalue weighted by atomic mass is 35.5. The highest BCUT2D eigenvalue weighted by molar-refractivity contribution is 6.16. The minimum absolute atomic E-state index is 0.0173. The molecule has 1 aromatic heterocycles. The van der Waals surface area contributed by atoms with Gasteiger partial charge in [-0.05, 0) is 39.0 Å². The van der Waals surface area contributed by atoms with Gasteiger partial charge in [0, 0.05) is 11.5 Å². The number of rotatable bonds is 2. The fraction of sp³-hybridized carbons (Fsp3) is 0.867. The summed E-state index contributed by atoms with van der Waals surface area (Å²) in [6.07, 6.45) is 5.10. The topological polar surface area (TPSA) is 30.7 Å². The third kappa shape index (κ3) is 2.81. The van der Waals surface area contributed by atoms with Gasteiger partial charge in [-0.1, -0.05) is 26.7 Å². The first-order chi connectivity index (χ1) is 8.77. The van der Waals surface area contributed by atoms with Crippen LogP contribution in [0.4, 0.5) is 0 Å². The van der Waals surface area contributed by atoms with Gasteiger partial charge in [-0.2, -0.15) is 0 Å². The zero-order valence-electron chi connectivity index (χ0n) is 12.8. The number of hydrogen-bond donors (Lipinski definition) is 0. The predicted molar refractivity (Wildman–Crippen MR) is 79.6 cm³/mol. The molecule has 1 aromatic rings. The van der Waals surface area contributed by atoms with Crippen LogP contribution in [0.1, 0.15) is 77.9 Å². The molecule has 2 rings (SSSR count). The lowest BCUT2D eigenvalue weighted by Gasteiger charge is -2.39. The van der Waals surface area contributed by atoms with Crippen LogP contribution >= 0.6 is 11.6 Å². The smallest absolute Gasteiger partial charge is 0.148 e. The van der Waals surface area contributed by atoms with Gasteiger partial charge < -0.3 is 4.57 Å². The molecule has 1 fully saturated rings. The molecular weight excluding hydrogens is 258 g/mol. The molecule has 108 valence electrons. The fourth-order valence-corrected chi connectivity index (χ4v) is 3.52. The van der Waals surface area contributed by atoms with Gasteiger partial charge in [0.05, 0.1) is 5.88 Å². The number of aromatic nitrogens is 3. The normalized spacial score (nSPS) is 23.6. The van der Waals surface area contributed by atoms with Crippen molar-refractivity contribution in [2.24, 2.45) is 5.41 Å². The van der Waals surface area contributed by atoms with E-state index < -0.39 is 0 Å². The third-order valence-corrected chi connectivity index (χ3v) is 4.60. The van der Waals surface area contributed by atoms with Crippen molar-refractivity contribution in [2.45, 2.75) is 77.6 Å². The van der Waals surface area contributed by atoms with E-state index in [4.69, 9.17) is 11.6 Å². The summed E-state index contributed by atoms with van der Waals surface area (Å²) >= 11 is 6.04. The van der Waals surface area contributed by atoms with Crippen molar-refractivity contribution in [3.63, 3.8) is 0 Å². The second-order valence-electron chi connectivity index (χ2n) is 7.40. The summed E-state index contributed by atoms with van der Waals surface area (Å²) in [5, 5.41) is 8.82. The highest BCUT2D eigenvalue weighted by Gasteiger charge is 2.38. The Balaban J connectivity index is 2.47. The quantitative estimate of drug-likeness (QED) is 0.751. The van der Waals surface area contributed by atoms with E-state index in [2.05, 4.69) is 49.4 Å². The van der Waals surface area contributed by atoms with Crippen LogP contribution in [0.5, 0.6) is 0 Å². The first kappa shape index (κ1) is 14.8. The maximum Gasteiger partial charge on any atom is 0.148 e. The summed E-state index contributed by atoms with van der Waals surface area (Å²) in [4.78, 5) is 0. The van der Waals surface area contributed by atoms with Crippen LogP contribution in [-0.2, 0) is 11.4 Å². The average molecular weight is 284 g/mol. The summed E-state index contributed by atoms with van der Waals surface area (Å²) in [5.74, 6) is 2.94. The molecule has 4 heteroatoms. The van der Waals surface area contributed by atoms with Crippen LogP contribution in [0, 0.1) is 5.41 Å². The molecule has 19 heavy (non-hydrogen) atoms. The lowest BCUT2D eigenvalue weighted by molar-refractivity contribution is 0.181. The molecule has 0 amide bonds. The third-order valence-electron chi connectivity index (χ3n) is 4.36. The minimum atomic E-state index is -0.0173. The zero-order chi connectivity index (χ0) is 14.3. The Morgan fingerprint density at radius 3 is 2.47 bits per heavy atom. The monoisotopic (exact) mass is 283 g/mol. The Morgan fingerprint density at radius 2 is 1.95 bits per heavy atom. The van der Waals surface area contributed by atoms with Gasteiger partial charge >= 0.3 is 0 Å². The van der Waals surface area contributed by atoms with Crippen molar-refractivity contribution in [3.05, 3.63) is 11.6 Å². The van der Waals surface area contributed by atoms with Crippen molar-refractivity contribution < 1.29 is 0 Å². The Bertz CT molecular complexity index is 443. The van der Waals surface area contributed by atoms with Crippen molar-refractivity contribution in [2.75, 3.05) is 0 Å². The van der Waals surface area contributed by atoms with Gasteiger partial charge in [0.25, 0.3) is 0 Å². The molecule has 0 spiro atoms. The number of nitrogens with zero attached hydrogens (tertiary/aromatic N) is 3. The molecule has 1 saturated carbocycles. The van der Waals surface area contributed by atoms with Crippen LogP contribution < -0.4 is 0 Å². The zero-order valence-corrected chi connectivity index (χ0v) is 13.6. The fourth-order valence-electron chi connectivity index (χ4n) is 3.35. The standard InChI is InChI=1S/C15H26ClN3/c1-14(2,3)19-12(10-16)17-18-13(19)11-8-6-7-9-15(11,4)5/h11H,6-10H2,1-5H3. The van der Waals surface area contributed by atoms with Crippen LogP contribution in [0.25, 0.3) is 0 Å². The first-order valence-corrected chi connectivity index (χ1v) is 7.81. The van der Waals surface area contributed by atoms with E-state index in [-0.39, 0.29) is 5.54 Å². The van der Waals surface area contributed by atoms with E-state index in [9.17, 15) is 0 Å². The molecule has 1 unspecified atom stereocenters. The maximum atomic E-state index is 6.04. The Labute approximate surface area is 121 Å². The van der Waals surface area contributed by atoms with Crippen molar-refractivity contribution >= 4 is 11.6 Å². The van der Waals surface area contributed by atoms with Crippen LogP contribution in [-0.4, -0.2) is 14.8 Å². The molecule has 0 bridgehead atoms. The number of hydrogen-bond acceptors (Lipinski definition) is 2. The summed E-state index contributed by atoms with van der Waals surface area (Å²) in [6, 6.07) is 0. The Hall–Kier alpha value is -0.570. The number of halogens is 1. The van der Waals surface area contributed by atoms with E-state index in [1.807, 2.05) is 0 Å². The van der Waals surface area contributed by atoms with Gasteiger partial charge in [-0.25, -0.2) is 0 Å².